The third-order valence-electron chi connectivity index (χ3n) is 4.61. The van der Waals surface area contributed by atoms with Gasteiger partial charge in [-0.1, -0.05) is 45.0 Å². The lowest BCUT2D eigenvalue weighted by molar-refractivity contribution is 0.262. The highest BCUT2D eigenvalue weighted by molar-refractivity contribution is 6.00. The lowest BCUT2D eigenvalue weighted by Gasteiger charge is -2.22. The van der Waals surface area contributed by atoms with Crippen LogP contribution in [0.3, 0.4) is 0 Å². The van der Waals surface area contributed by atoms with E-state index in [0.717, 1.165) is 22.6 Å². The van der Waals surface area contributed by atoms with Crippen LogP contribution in [0.5, 0.6) is 0 Å². The van der Waals surface area contributed by atoms with Gasteiger partial charge in [-0.25, -0.2) is 9.78 Å². The van der Waals surface area contributed by atoms with Crippen LogP contribution in [-0.4, -0.2) is 25.2 Å². The lowest BCUT2D eigenvalue weighted by Crippen LogP contribution is -2.22. The second-order valence-corrected chi connectivity index (χ2v) is 8.00. The number of hydrogen-bond donors (Lipinski definition) is 2. The number of imidazole rings is 1. The highest BCUT2D eigenvalue weighted by atomic mass is 16.2. The molecule has 0 unspecified atom stereocenters. The van der Waals surface area contributed by atoms with Crippen molar-refractivity contribution in [2.75, 3.05) is 10.6 Å². The molecule has 0 atom stereocenters. The van der Waals surface area contributed by atoms with Crippen LogP contribution in [0, 0.1) is 0 Å². The molecular formula is C22H24N6O. The number of aromatic nitrogens is 4. The van der Waals surface area contributed by atoms with Gasteiger partial charge in [-0.05, 0) is 29.2 Å². The van der Waals surface area contributed by atoms with Gasteiger partial charge in [-0.2, -0.15) is 5.10 Å². The second kappa shape index (κ2) is 7.43. The summed E-state index contributed by atoms with van der Waals surface area (Å²) in [6.45, 7) is 6.89. The Morgan fingerprint density at radius 1 is 1.03 bits per heavy atom. The van der Waals surface area contributed by atoms with Crippen molar-refractivity contribution in [3.05, 3.63) is 78.5 Å². The van der Waals surface area contributed by atoms with Gasteiger partial charge in [0.25, 0.3) is 0 Å². The molecule has 0 radical (unpaired) electrons. The fourth-order valence-corrected chi connectivity index (χ4v) is 3.27. The molecule has 2 N–H and O–H groups in total. The molecule has 7 nitrogen and oxygen atoms in total. The van der Waals surface area contributed by atoms with Gasteiger partial charge in [0, 0.05) is 24.3 Å². The maximum atomic E-state index is 12.5. The van der Waals surface area contributed by atoms with E-state index in [1.807, 2.05) is 59.3 Å². The largest absolute Gasteiger partial charge is 0.323 e. The maximum Gasteiger partial charge on any atom is 0.323 e. The van der Waals surface area contributed by atoms with Crippen LogP contribution >= 0.6 is 0 Å². The molecule has 7 heteroatoms. The number of benzene rings is 1. The van der Waals surface area contributed by atoms with Crippen LogP contribution < -0.4 is 10.6 Å². The summed E-state index contributed by atoms with van der Waals surface area (Å²) in [7, 11) is 0. The molecule has 0 fully saturated rings. The average Bonchev–Trinajstić information content (AvgIpc) is 3.27. The monoisotopic (exact) mass is 388 g/mol. The van der Waals surface area contributed by atoms with E-state index in [4.69, 9.17) is 0 Å². The number of nitrogens with one attached hydrogen (secondary N) is 2. The van der Waals surface area contributed by atoms with Crippen molar-refractivity contribution in [1.29, 1.82) is 0 Å². The molecule has 0 spiro atoms. The fourth-order valence-electron chi connectivity index (χ4n) is 3.27. The molecule has 0 aliphatic carbocycles. The summed E-state index contributed by atoms with van der Waals surface area (Å²) in [5, 5.41) is 10.1. The zero-order valence-electron chi connectivity index (χ0n) is 16.8. The number of hydrogen-bond acceptors (Lipinski definition) is 3. The van der Waals surface area contributed by atoms with E-state index in [2.05, 4.69) is 41.5 Å². The number of para-hydroxylation sites is 1. The molecule has 0 saturated carbocycles. The van der Waals surface area contributed by atoms with Crippen LogP contribution in [-0.2, 0) is 12.0 Å². The number of carbonyl (C=O) groups is 1. The minimum atomic E-state index is -0.297. The minimum absolute atomic E-state index is 0.0666. The number of anilines is 2. The van der Waals surface area contributed by atoms with E-state index >= 15 is 0 Å². The molecule has 0 saturated heterocycles. The first-order valence-corrected chi connectivity index (χ1v) is 9.51. The summed E-state index contributed by atoms with van der Waals surface area (Å²) < 4.78 is 3.72. The fraction of sp³-hybridized carbons (Fsp3) is 0.227. The van der Waals surface area contributed by atoms with Gasteiger partial charge < -0.3 is 15.0 Å². The zero-order valence-corrected chi connectivity index (χ0v) is 16.8. The third kappa shape index (κ3) is 4.29. The van der Waals surface area contributed by atoms with E-state index in [0.29, 0.717) is 12.2 Å². The molecule has 1 aromatic carbocycles. The highest BCUT2D eigenvalue weighted by Crippen LogP contribution is 2.29. The molecule has 29 heavy (non-hydrogen) atoms. The smallest absolute Gasteiger partial charge is 0.307 e. The number of nitrogens with zero attached hydrogens (tertiary/aromatic N) is 4. The van der Waals surface area contributed by atoms with Gasteiger partial charge in [0.2, 0.25) is 0 Å². The van der Waals surface area contributed by atoms with Crippen LogP contribution in [0.2, 0.25) is 0 Å². The Morgan fingerprint density at radius 2 is 1.83 bits per heavy atom. The molecular weight excluding hydrogens is 364 g/mol. The van der Waals surface area contributed by atoms with Gasteiger partial charge in [0.15, 0.2) is 0 Å². The quantitative estimate of drug-likeness (QED) is 0.540. The summed E-state index contributed by atoms with van der Waals surface area (Å²) in [5.74, 6) is 0. The zero-order chi connectivity index (χ0) is 20.4. The summed E-state index contributed by atoms with van der Waals surface area (Å²) in [4.78, 5) is 17.0. The van der Waals surface area contributed by atoms with Crippen LogP contribution in [0.25, 0.3) is 5.65 Å². The Bertz CT molecular complexity index is 1120. The van der Waals surface area contributed by atoms with Gasteiger partial charge in [0.05, 0.1) is 24.1 Å². The third-order valence-corrected chi connectivity index (χ3v) is 4.61. The highest BCUT2D eigenvalue weighted by Gasteiger charge is 2.18. The molecule has 148 valence electrons. The number of carbonyl (C=O) groups excluding carboxylic acids is 1. The van der Waals surface area contributed by atoms with Crippen LogP contribution in [0.1, 0.15) is 32.0 Å². The normalized spacial score (nSPS) is 11.6. The molecule has 0 aliphatic heterocycles. The standard InChI is InChI=1S/C22H24N6O/c1-22(2,3)18-8-4-5-9-19(18)26-21(29)25-16-12-23-28(14-16)15-17-13-27-11-7-6-10-20(27)24-17/h4-14H,15H2,1-3H3,(H2,25,26,29). The predicted molar refractivity (Wildman–Crippen MR) is 114 cm³/mol. The van der Waals surface area contributed by atoms with Crippen LogP contribution in [0.15, 0.2) is 67.3 Å². The molecule has 3 aromatic heterocycles. The van der Waals surface area contributed by atoms with Gasteiger partial charge in [0.1, 0.15) is 5.65 Å². The summed E-state index contributed by atoms with van der Waals surface area (Å²) in [6.07, 6.45) is 7.35. The lowest BCUT2D eigenvalue weighted by atomic mass is 9.86. The maximum absolute atomic E-state index is 12.5. The van der Waals surface area contributed by atoms with Gasteiger partial charge >= 0.3 is 6.03 Å². The van der Waals surface area contributed by atoms with E-state index in [1.54, 1.807) is 17.1 Å². The Kier molecular flexibility index (Phi) is 4.80. The van der Waals surface area contributed by atoms with Gasteiger partial charge in [-0.15, -0.1) is 0 Å². The number of urea groups is 1. The SMILES string of the molecule is CC(C)(C)c1ccccc1NC(=O)Nc1cnn(Cc2cn3ccccc3n2)c1. The van der Waals surface area contributed by atoms with E-state index < -0.39 is 0 Å². The molecule has 4 rings (SSSR count). The van der Waals surface area contributed by atoms with Crippen LogP contribution in [0.4, 0.5) is 16.2 Å². The summed E-state index contributed by atoms with van der Waals surface area (Å²) in [6, 6.07) is 13.4. The Balaban J connectivity index is 1.42. The van der Waals surface area contributed by atoms with Crippen molar-refractivity contribution in [3.63, 3.8) is 0 Å². The molecule has 2 amide bonds. The molecule has 0 aliphatic rings. The summed E-state index contributed by atoms with van der Waals surface area (Å²) >= 11 is 0. The average molecular weight is 388 g/mol. The van der Waals surface area contributed by atoms with Crippen molar-refractivity contribution in [1.82, 2.24) is 19.2 Å². The molecule has 0 bridgehead atoms. The minimum Gasteiger partial charge on any atom is -0.307 e. The predicted octanol–water partition coefficient (Wildman–Crippen LogP) is 4.52. The topological polar surface area (TPSA) is 76.2 Å². The number of rotatable bonds is 4. The van der Waals surface area contributed by atoms with Crippen molar-refractivity contribution in [2.45, 2.75) is 32.7 Å². The first kappa shape index (κ1) is 18.7. The van der Waals surface area contributed by atoms with E-state index in [1.165, 1.54) is 0 Å². The molecule has 4 aromatic rings. The van der Waals surface area contributed by atoms with Crippen molar-refractivity contribution in [2.24, 2.45) is 0 Å². The number of pyridine rings is 1. The Morgan fingerprint density at radius 3 is 2.62 bits per heavy atom. The van der Waals surface area contributed by atoms with Crippen molar-refractivity contribution >= 4 is 23.1 Å². The van der Waals surface area contributed by atoms with E-state index in [-0.39, 0.29) is 11.4 Å². The first-order chi connectivity index (χ1) is 13.9. The van der Waals surface area contributed by atoms with Crippen molar-refractivity contribution < 1.29 is 4.79 Å². The van der Waals surface area contributed by atoms with Gasteiger partial charge in [-0.3, -0.25) is 4.68 Å². The Hall–Kier alpha value is -3.61. The first-order valence-electron chi connectivity index (χ1n) is 9.51. The second-order valence-electron chi connectivity index (χ2n) is 8.00. The number of amides is 2. The van der Waals surface area contributed by atoms with E-state index in [9.17, 15) is 4.79 Å². The summed E-state index contributed by atoms with van der Waals surface area (Å²) in [5.41, 5.74) is 4.23. The number of fused-ring (bicyclic) bond motifs is 1. The van der Waals surface area contributed by atoms with Crippen molar-refractivity contribution in [3.8, 4) is 0 Å². The Labute approximate surface area is 169 Å². The molecule has 3 heterocycles.